The molecule has 1 aromatic rings. The number of carboxylic acids is 1. The molecule has 0 saturated heterocycles. The summed E-state index contributed by atoms with van der Waals surface area (Å²) in [5.41, 5.74) is 0.625. The zero-order valence-corrected chi connectivity index (χ0v) is 8.93. The van der Waals surface area contributed by atoms with Gasteiger partial charge in [0.2, 0.25) is 0 Å². The van der Waals surface area contributed by atoms with Crippen LogP contribution in [0.25, 0.3) is 0 Å². The molecule has 0 spiro atoms. The first-order valence-corrected chi connectivity index (χ1v) is 4.99. The van der Waals surface area contributed by atoms with Gasteiger partial charge in [-0.2, -0.15) is 0 Å². The molecule has 0 bridgehead atoms. The third-order valence-electron chi connectivity index (χ3n) is 2.04. The lowest BCUT2D eigenvalue weighted by Gasteiger charge is -2.12. The average molecular weight is 222 g/mol. The van der Waals surface area contributed by atoms with E-state index in [1.807, 2.05) is 6.07 Å². The summed E-state index contributed by atoms with van der Waals surface area (Å²) in [7, 11) is 0. The minimum atomic E-state index is -1.04. The first-order chi connectivity index (χ1) is 7.63. The fourth-order valence-electron chi connectivity index (χ4n) is 1.19. The van der Waals surface area contributed by atoms with Crippen LogP contribution >= 0.6 is 0 Å². The number of nitrogens with one attached hydrogen (secondary N) is 2. The number of hydrogen-bond donors (Lipinski definition) is 3. The van der Waals surface area contributed by atoms with E-state index in [9.17, 15) is 9.59 Å². The fraction of sp³-hybridized carbons (Fsp3) is 0.273. The second-order valence-corrected chi connectivity index (χ2v) is 3.26. The summed E-state index contributed by atoms with van der Waals surface area (Å²) in [6, 6.07) is 7.47. The van der Waals surface area contributed by atoms with E-state index >= 15 is 0 Å². The molecule has 2 amide bonds. The van der Waals surface area contributed by atoms with Crippen LogP contribution in [0.2, 0.25) is 0 Å². The Kier molecular flexibility index (Phi) is 4.32. The van der Waals surface area contributed by atoms with E-state index in [1.54, 1.807) is 31.2 Å². The van der Waals surface area contributed by atoms with Crippen molar-refractivity contribution in [1.82, 2.24) is 5.32 Å². The first-order valence-electron chi connectivity index (χ1n) is 4.99. The van der Waals surface area contributed by atoms with Crippen molar-refractivity contribution < 1.29 is 14.7 Å². The molecule has 1 rings (SSSR count). The molecule has 3 N–H and O–H groups in total. The SMILES string of the molecule is CC[C@@H](NC(=O)Nc1ccccc1)C(=O)O. The van der Waals surface area contributed by atoms with Gasteiger partial charge in [-0.3, -0.25) is 0 Å². The maximum Gasteiger partial charge on any atom is 0.326 e. The monoisotopic (exact) mass is 222 g/mol. The van der Waals surface area contributed by atoms with Crippen molar-refractivity contribution in [1.29, 1.82) is 0 Å². The number of hydrogen-bond acceptors (Lipinski definition) is 2. The summed E-state index contributed by atoms with van der Waals surface area (Å²) in [5.74, 6) is -1.04. The van der Waals surface area contributed by atoms with Gasteiger partial charge in [0.15, 0.2) is 0 Å². The third kappa shape index (κ3) is 3.61. The molecule has 86 valence electrons. The first kappa shape index (κ1) is 12.0. The Morgan fingerprint density at radius 2 is 1.94 bits per heavy atom. The topological polar surface area (TPSA) is 78.4 Å². The molecule has 0 unspecified atom stereocenters. The molecule has 5 heteroatoms. The fourth-order valence-corrected chi connectivity index (χ4v) is 1.19. The predicted molar refractivity (Wildman–Crippen MR) is 60.3 cm³/mol. The van der Waals surface area contributed by atoms with Gasteiger partial charge in [0.25, 0.3) is 0 Å². The number of carbonyl (C=O) groups is 2. The summed E-state index contributed by atoms with van der Waals surface area (Å²) < 4.78 is 0. The normalized spacial score (nSPS) is 11.6. The van der Waals surface area contributed by atoms with E-state index in [0.29, 0.717) is 12.1 Å². The van der Waals surface area contributed by atoms with Gasteiger partial charge in [0, 0.05) is 5.69 Å². The number of carbonyl (C=O) groups excluding carboxylic acids is 1. The van der Waals surface area contributed by atoms with Gasteiger partial charge in [-0.25, -0.2) is 9.59 Å². The minimum absolute atomic E-state index is 0.345. The number of carboxylic acid groups (broad SMARTS) is 1. The smallest absolute Gasteiger partial charge is 0.326 e. The molecule has 0 aromatic heterocycles. The Hall–Kier alpha value is -2.04. The number of aliphatic carboxylic acids is 1. The number of benzene rings is 1. The van der Waals surface area contributed by atoms with Gasteiger partial charge < -0.3 is 15.7 Å². The number of rotatable bonds is 4. The molecule has 1 aromatic carbocycles. The lowest BCUT2D eigenvalue weighted by atomic mass is 10.2. The van der Waals surface area contributed by atoms with E-state index in [0.717, 1.165) is 0 Å². The van der Waals surface area contributed by atoms with E-state index in [4.69, 9.17) is 5.11 Å². The van der Waals surface area contributed by atoms with Crippen LogP contribution in [0, 0.1) is 0 Å². The van der Waals surface area contributed by atoms with Crippen LogP contribution in [0.1, 0.15) is 13.3 Å². The summed E-state index contributed by atoms with van der Waals surface area (Å²) in [5, 5.41) is 13.7. The highest BCUT2D eigenvalue weighted by atomic mass is 16.4. The van der Waals surface area contributed by atoms with Crippen LogP contribution in [-0.4, -0.2) is 23.1 Å². The molecule has 0 heterocycles. The Bertz CT molecular complexity index is 365. The highest BCUT2D eigenvalue weighted by Crippen LogP contribution is 2.04. The highest BCUT2D eigenvalue weighted by molar-refractivity contribution is 5.92. The number of urea groups is 1. The Labute approximate surface area is 93.5 Å². The van der Waals surface area contributed by atoms with Crippen molar-refractivity contribution in [3.05, 3.63) is 30.3 Å². The van der Waals surface area contributed by atoms with Crippen molar-refractivity contribution in [2.24, 2.45) is 0 Å². The maximum atomic E-state index is 11.4. The van der Waals surface area contributed by atoms with Crippen LogP contribution < -0.4 is 10.6 Å². The van der Waals surface area contributed by atoms with Crippen LogP contribution in [-0.2, 0) is 4.79 Å². The molecule has 16 heavy (non-hydrogen) atoms. The second kappa shape index (κ2) is 5.75. The highest BCUT2D eigenvalue weighted by Gasteiger charge is 2.17. The molecule has 0 fully saturated rings. The molecular weight excluding hydrogens is 208 g/mol. The van der Waals surface area contributed by atoms with Crippen LogP contribution in [0.4, 0.5) is 10.5 Å². The molecular formula is C11H14N2O3. The largest absolute Gasteiger partial charge is 0.480 e. The molecule has 0 radical (unpaired) electrons. The number of anilines is 1. The van der Waals surface area contributed by atoms with Crippen molar-refractivity contribution in [2.75, 3.05) is 5.32 Å². The summed E-state index contributed by atoms with van der Waals surface area (Å²) in [6.07, 6.45) is 0.345. The molecule has 5 nitrogen and oxygen atoms in total. The van der Waals surface area contributed by atoms with Gasteiger partial charge in [0.1, 0.15) is 6.04 Å². The quantitative estimate of drug-likeness (QED) is 0.725. The standard InChI is InChI=1S/C11H14N2O3/c1-2-9(10(14)15)13-11(16)12-8-6-4-3-5-7-8/h3-7,9H,2H2,1H3,(H,14,15)(H2,12,13,16)/t9-/m1/s1. The van der Waals surface area contributed by atoms with Crippen molar-refractivity contribution in [3.63, 3.8) is 0 Å². The van der Waals surface area contributed by atoms with E-state index in [2.05, 4.69) is 10.6 Å². The van der Waals surface area contributed by atoms with E-state index in [-0.39, 0.29) is 0 Å². The van der Waals surface area contributed by atoms with Crippen molar-refractivity contribution in [3.8, 4) is 0 Å². The zero-order valence-electron chi connectivity index (χ0n) is 8.93. The van der Waals surface area contributed by atoms with Crippen LogP contribution in [0.5, 0.6) is 0 Å². The maximum absolute atomic E-state index is 11.4. The summed E-state index contributed by atoms with van der Waals surface area (Å²) in [4.78, 5) is 22.1. The Balaban J connectivity index is 2.50. The third-order valence-corrected chi connectivity index (χ3v) is 2.04. The molecule has 0 aliphatic rings. The lowest BCUT2D eigenvalue weighted by molar-refractivity contribution is -0.139. The predicted octanol–water partition coefficient (Wildman–Crippen LogP) is 1.67. The van der Waals surface area contributed by atoms with E-state index < -0.39 is 18.0 Å². The van der Waals surface area contributed by atoms with Gasteiger partial charge in [-0.1, -0.05) is 25.1 Å². The van der Waals surface area contributed by atoms with Crippen molar-refractivity contribution >= 4 is 17.7 Å². The van der Waals surface area contributed by atoms with Gasteiger partial charge in [-0.05, 0) is 18.6 Å². The average Bonchev–Trinajstić information content (AvgIpc) is 2.27. The Morgan fingerprint density at radius 1 is 1.31 bits per heavy atom. The van der Waals surface area contributed by atoms with Crippen molar-refractivity contribution in [2.45, 2.75) is 19.4 Å². The molecule has 0 saturated carbocycles. The van der Waals surface area contributed by atoms with Gasteiger partial charge >= 0.3 is 12.0 Å². The molecule has 0 aliphatic heterocycles. The second-order valence-electron chi connectivity index (χ2n) is 3.26. The number of amides is 2. The van der Waals surface area contributed by atoms with Crippen LogP contribution in [0.15, 0.2) is 30.3 Å². The minimum Gasteiger partial charge on any atom is -0.480 e. The Morgan fingerprint density at radius 3 is 2.44 bits per heavy atom. The van der Waals surface area contributed by atoms with Gasteiger partial charge in [-0.15, -0.1) is 0 Å². The number of para-hydroxylation sites is 1. The summed E-state index contributed by atoms with van der Waals surface area (Å²) >= 11 is 0. The molecule has 1 atom stereocenters. The van der Waals surface area contributed by atoms with Gasteiger partial charge in [0.05, 0.1) is 0 Å². The van der Waals surface area contributed by atoms with E-state index in [1.165, 1.54) is 0 Å². The lowest BCUT2D eigenvalue weighted by Crippen LogP contribution is -2.42. The van der Waals surface area contributed by atoms with Crippen LogP contribution in [0.3, 0.4) is 0 Å². The zero-order chi connectivity index (χ0) is 12.0. The summed E-state index contributed by atoms with van der Waals surface area (Å²) in [6.45, 7) is 1.70. The molecule has 0 aliphatic carbocycles.